The molecule has 0 saturated carbocycles. The molecule has 0 spiro atoms. The molecule has 0 heterocycles. The van der Waals surface area contributed by atoms with Gasteiger partial charge in [0.2, 0.25) is 0 Å². The maximum absolute atomic E-state index is 3.81. The summed E-state index contributed by atoms with van der Waals surface area (Å²) in [5.74, 6) is 0. The van der Waals surface area contributed by atoms with E-state index >= 15 is 0 Å². The van der Waals surface area contributed by atoms with Crippen LogP contribution in [-0.2, 0) is 0 Å². The molecular weight excluding hydrogens is 527 g/mol. The van der Waals surface area contributed by atoms with E-state index in [-0.39, 0.29) is 0 Å². The Bertz CT molecular complexity index is 1210. The van der Waals surface area contributed by atoms with Gasteiger partial charge in [-0.05, 0) is 0 Å². The zero-order valence-electron chi connectivity index (χ0n) is 23.3. The normalized spacial score (nSPS) is 11.7. The van der Waals surface area contributed by atoms with E-state index in [1.807, 2.05) is 0 Å². The van der Waals surface area contributed by atoms with Crippen LogP contribution in [0.1, 0.15) is 55.6 Å². The van der Waals surface area contributed by atoms with Crippen molar-refractivity contribution in [1.82, 2.24) is 0 Å². The first-order valence-electron chi connectivity index (χ1n) is 12.8. The molecule has 0 radical (unpaired) electrons. The Labute approximate surface area is 217 Å². The molecule has 0 saturated heterocycles. The molecule has 0 unspecified atom stereocenters. The van der Waals surface area contributed by atoms with Gasteiger partial charge in [0.15, 0.2) is 0 Å². The molecular formula is C34H40Sn. The summed E-state index contributed by atoms with van der Waals surface area (Å²) >= 11 is -3.81. The Balaban J connectivity index is 2.38. The van der Waals surface area contributed by atoms with Gasteiger partial charge in [-0.3, -0.25) is 0 Å². The molecule has 4 aromatic rings. The first kappa shape index (κ1) is 25.8. The van der Waals surface area contributed by atoms with E-state index in [2.05, 4.69) is 130 Å². The summed E-state index contributed by atoms with van der Waals surface area (Å²) in [4.78, 5) is 0. The van der Waals surface area contributed by atoms with E-state index in [0.717, 1.165) is 0 Å². The third-order valence-corrected chi connectivity index (χ3v) is 24.2. The summed E-state index contributed by atoms with van der Waals surface area (Å²) in [7, 11) is 0. The van der Waals surface area contributed by atoms with Crippen molar-refractivity contribution in [2.45, 2.75) is 69.2 Å². The zero-order valence-corrected chi connectivity index (χ0v) is 26.1. The first-order chi connectivity index (χ1) is 16.5. The van der Waals surface area contributed by atoms with Gasteiger partial charge in [0.25, 0.3) is 0 Å². The number of benzene rings is 4. The van der Waals surface area contributed by atoms with Crippen molar-refractivity contribution in [3.05, 3.63) is 116 Å². The van der Waals surface area contributed by atoms with Gasteiger partial charge in [-0.2, -0.15) is 0 Å². The topological polar surface area (TPSA) is 0 Å². The summed E-state index contributed by atoms with van der Waals surface area (Å²) in [5, 5.41) is 0. The molecule has 0 aliphatic heterocycles. The minimum atomic E-state index is -3.81. The number of hydrogen-bond donors (Lipinski definition) is 0. The van der Waals surface area contributed by atoms with Crippen molar-refractivity contribution in [2.24, 2.45) is 0 Å². The fourth-order valence-corrected chi connectivity index (χ4v) is 24.8. The molecule has 0 N–H and O–H groups in total. The molecule has 0 aliphatic carbocycles. The zero-order chi connectivity index (χ0) is 25.7. The van der Waals surface area contributed by atoms with Gasteiger partial charge in [0.1, 0.15) is 0 Å². The maximum atomic E-state index is 2.46. The van der Waals surface area contributed by atoms with Gasteiger partial charge in [-0.1, -0.05) is 0 Å². The van der Waals surface area contributed by atoms with Crippen LogP contribution in [0.25, 0.3) is 0 Å². The van der Waals surface area contributed by atoms with Crippen molar-refractivity contribution >= 4 is 32.7 Å². The average Bonchev–Trinajstić information content (AvgIpc) is 2.71. The van der Waals surface area contributed by atoms with Crippen molar-refractivity contribution in [2.75, 3.05) is 0 Å². The van der Waals surface area contributed by atoms with Crippen LogP contribution in [0.4, 0.5) is 0 Å². The van der Waals surface area contributed by atoms with E-state index in [0.29, 0.717) is 0 Å². The van der Waals surface area contributed by atoms with E-state index < -0.39 is 18.4 Å². The Kier molecular flexibility index (Phi) is 7.08. The first-order valence-corrected chi connectivity index (χ1v) is 18.5. The van der Waals surface area contributed by atoms with Gasteiger partial charge in [0, 0.05) is 0 Å². The van der Waals surface area contributed by atoms with Gasteiger partial charge >= 0.3 is 218 Å². The second-order valence-electron chi connectivity index (χ2n) is 10.9. The molecule has 35 heavy (non-hydrogen) atoms. The standard InChI is InChI=1S/3C9H11.C7H7.Sn/c3*1-7-4-8(2)6-9(3)5-7;1-7-5-3-2-4-6-7;/h3*4-5H,1-3H3;3-6H,1H3;. The molecule has 0 amide bonds. The predicted octanol–water partition coefficient (Wildman–Crippen LogP) is 6.15. The molecule has 180 valence electrons. The molecule has 0 nitrogen and oxygen atoms in total. The summed E-state index contributed by atoms with van der Waals surface area (Å²) in [6.45, 7) is 23.0. The fourth-order valence-electron chi connectivity index (χ4n) is 6.93. The van der Waals surface area contributed by atoms with Gasteiger partial charge < -0.3 is 0 Å². The second-order valence-corrected chi connectivity index (χ2v) is 21.1. The SMILES string of the molecule is Cc1cc[c]([Sn]([c]2c(C)cc(C)cc2C)([c]2c(C)cc(C)cc2C)[c]2c(C)cc(C)cc2C)cc1. The molecule has 0 atom stereocenters. The van der Waals surface area contributed by atoms with E-state index in [9.17, 15) is 0 Å². The van der Waals surface area contributed by atoms with Crippen molar-refractivity contribution in [3.63, 3.8) is 0 Å². The van der Waals surface area contributed by atoms with Gasteiger partial charge in [-0.25, -0.2) is 0 Å². The summed E-state index contributed by atoms with van der Waals surface area (Å²) < 4.78 is 6.42. The van der Waals surface area contributed by atoms with Gasteiger partial charge in [-0.15, -0.1) is 0 Å². The second kappa shape index (κ2) is 9.62. The van der Waals surface area contributed by atoms with Crippen LogP contribution >= 0.6 is 0 Å². The van der Waals surface area contributed by atoms with Crippen LogP contribution in [0, 0.1) is 69.2 Å². The van der Waals surface area contributed by atoms with Crippen LogP contribution in [0.3, 0.4) is 0 Å². The predicted molar refractivity (Wildman–Crippen MR) is 157 cm³/mol. The fraction of sp³-hybridized carbons (Fsp3) is 0.294. The van der Waals surface area contributed by atoms with E-state index in [1.54, 1.807) is 14.3 Å². The average molecular weight is 567 g/mol. The Morgan fingerprint density at radius 3 is 0.857 bits per heavy atom. The molecule has 4 aromatic carbocycles. The molecule has 0 bridgehead atoms. The molecule has 0 fully saturated rings. The summed E-state index contributed by atoms with van der Waals surface area (Å²) in [5.41, 5.74) is 14.0. The van der Waals surface area contributed by atoms with Gasteiger partial charge in [0.05, 0.1) is 0 Å². The summed E-state index contributed by atoms with van der Waals surface area (Å²) in [6.07, 6.45) is 0. The molecule has 4 rings (SSSR count). The van der Waals surface area contributed by atoms with E-state index in [1.165, 1.54) is 55.6 Å². The van der Waals surface area contributed by atoms with Crippen molar-refractivity contribution in [1.29, 1.82) is 0 Å². The third kappa shape index (κ3) is 4.40. The number of rotatable bonds is 4. The van der Waals surface area contributed by atoms with Crippen LogP contribution in [0.5, 0.6) is 0 Å². The Morgan fingerprint density at radius 1 is 0.343 bits per heavy atom. The van der Waals surface area contributed by atoms with Crippen LogP contribution in [0.15, 0.2) is 60.7 Å². The number of aryl methyl sites for hydroxylation is 10. The minimum absolute atomic E-state index is 1.32. The Hall–Kier alpha value is -2.32. The van der Waals surface area contributed by atoms with E-state index in [4.69, 9.17) is 0 Å². The third-order valence-electron chi connectivity index (χ3n) is 7.64. The molecule has 0 aromatic heterocycles. The van der Waals surface area contributed by atoms with Crippen LogP contribution in [0.2, 0.25) is 0 Å². The number of hydrogen-bond acceptors (Lipinski definition) is 0. The van der Waals surface area contributed by atoms with Crippen molar-refractivity contribution in [3.8, 4) is 0 Å². The molecule has 1 heteroatoms. The van der Waals surface area contributed by atoms with Crippen LogP contribution < -0.4 is 14.3 Å². The quantitative estimate of drug-likeness (QED) is 0.260. The molecule has 0 aliphatic rings. The van der Waals surface area contributed by atoms with Crippen molar-refractivity contribution < 1.29 is 0 Å². The monoisotopic (exact) mass is 568 g/mol. The van der Waals surface area contributed by atoms with Crippen LogP contribution in [-0.4, -0.2) is 18.4 Å². The summed E-state index contributed by atoms with van der Waals surface area (Å²) in [6, 6.07) is 24.1. The Morgan fingerprint density at radius 2 is 0.600 bits per heavy atom.